The van der Waals surface area contributed by atoms with Gasteiger partial charge in [-0.3, -0.25) is 0 Å². The van der Waals surface area contributed by atoms with E-state index in [1.54, 1.807) is 19.1 Å². The van der Waals surface area contributed by atoms with Crippen LogP contribution in [-0.4, -0.2) is 69.9 Å². The standard InChI is InChI=1S/C19H31N3O3/c1-21-9-7-16(8-10-21)14-20-19(23)22(11-12-24-2)15-17-5-4-6-18(13-17)25-3/h4-6,13,16H,7-12,14-15H2,1-3H3,(H,20,23). The Kier molecular flexibility index (Phi) is 8.01. The Hall–Kier alpha value is -1.79. The number of carbonyl (C=O) groups excluding carboxylic acids is 1. The van der Waals surface area contributed by atoms with E-state index in [-0.39, 0.29) is 6.03 Å². The van der Waals surface area contributed by atoms with Crippen molar-refractivity contribution in [2.45, 2.75) is 19.4 Å². The number of hydrogen-bond acceptors (Lipinski definition) is 4. The van der Waals surface area contributed by atoms with Crippen LogP contribution in [0.2, 0.25) is 0 Å². The van der Waals surface area contributed by atoms with Crippen LogP contribution in [0.15, 0.2) is 24.3 Å². The first-order valence-electron chi connectivity index (χ1n) is 8.95. The van der Waals surface area contributed by atoms with E-state index in [1.807, 2.05) is 24.3 Å². The average molecular weight is 349 g/mol. The Morgan fingerprint density at radius 3 is 2.76 bits per heavy atom. The highest BCUT2D eigenvalue weighted by Gasteiger charge is 2.19. The molecule has 0 spiro atoms. The summed E-state index contributed by atoms with van der Waals surface area (Å²) in [4.78, 5) is 16.8. The highest BCUT2D eigenvalue weighted by Crippen LogP contribution is 2.16. The van der Waals surface area contributed by atoms with Gasteiger partial charge in [0.1, 0.15) is 5.75 Å². The van der Waals surface area contributed by atoms with Gasteiger partial charge in [0.2, 0.25) is 0 Å². The van der Waals surface area contributed by atoms with E-state index in [4.69, 9.17) is 9.47 Å². The number of nitrogens with zero attached hydrogens (tertiary/aromatic N) is 2. The Labute approximate surface area is 151 Å². The van der Waals surface area contributed by atoms with Gasteiger partial charge in [-0.2, -0.15) is 0 Å². The zero-order chi connectivity index (χ0) is 18.1. The normalized spacial score (nSPS) is 15.8. The number of piperidine rings is 1. The van der Waals surface area contributed by atoms with Crippen molar-refractivity contribution in [2.24, 2.45) is 5.92 Å². The summed E-state index contributed by atoms with van der Waals surface area (Å²) >= 11 is 0. The van der Waals surface area contributed by atoms with Crippen LogP contribution in [0.25, 0.3) is 0 Å². The molecule has 0 radical (unpaired) electrons. The molecule has 1 aromatic carbocycles. The quantitative estimate of drug-likeness (QED) is 0.782. The molecule has 0 atom stereocenters. The van der Waals surface area contributed by atoms with Crippen LogP contribution >= 0.6 is 0 Å². The minimum atomic E-state index is -0.0289. The van der Waals surface area contributed by atoms with Crippen LogP contribution in [0.4, 0.5) is 4.79 Å². The number of amides is 2. The summed E-state index contributed by atoms with van der Waals surface area (Å²) in [6.45, 7) is 4.59. The van der Waals surface area contributed by atoms with E-state index >= 15 is 0 Å². The first-order valence-corrected chi connectivity index (χ1v) is 8.95. The molecule has 0 saturated carbocycles. The van der Waals surface area contributed by atoms with Crippen LogP contribution in [0, 0.1) is 5.92 Å². The van der Waals surface area contributed by atoms with Gasteiger partial charge in [0.15, 0.2) is 0 Å². The molecule has 1 aliphatic rings. The molecular formula is C19H31N3O3. The second kappa shape index (κ2) is 10.3. The van der Waals surface area contributed by atoms with Gasteiger partial charge in [-0.15, -0.1) is 0 Å². The molecule has 0 unspecified atom stereocenters. The van der Waals surface area contributed by atoms with E-state index < -0.39 is 0 Å². The lowest BCUT2D eigenvalue weighted by Gasteiger charge is -2.30. The zero-order valence-corrected chi connectivity index (χ0v) is 15.7. The van der Waals surface area contributed by atoms with Crippen molar-refractivity contribution in [3.05, 3.63) is 29.8 Å². The molecule has 1 aliphatic heterocycles. The van der Waals surface area contributed by atoms with Crippen molar-refractivity contribution >= 4 is 6.03 Å². The monoisotopic (exact) mass is 349 g/mol. The molecule has 6 heteroatoms. The summed E-state index contributed by atoms with van der Waals surface area (Å²) in [5, 5.41) is 3.11. The predicted molar refractivity (Wildman–Crippen MR) is 98.9 cm³/mol. The largest absolute Gasteiger partial charge is 0.497 e. The maximum absolute atomic E-state index is 12.6. The number of hydrogen-bond donors (Lipinski definition) is 1. The smallest absolute Gasteiger partial charge is 0.317 e. The second-order valence-electron chi connectivity index (χ2n) is 6.70. The van der Waals surface area contributed by atoms with Crippen LogP contribution in [0.5, 0.6) is 5.75 Å². The van der Waals surface area contributed by atoms with Gasteiger partial charge in [0, 0.05) is 26.7 Å². The number of nitrogens with one attached hydrogen (secondary N) is 1. The van der Waals surface area contributed by atoms with Crippen LogP contribution in [0.1, 0.15) is 18.4 Å². The number of rotatable bonds is 8. The molecule has 140 valence electrons. The number of carbonyl (C=O) groups is 1. The van der Waals surface area contributed by atoms with Gasteiger partial charge < -0.3 is 24.6 Å². The molecule has 2 rings (SSSR count). The third-order valence-electron chi connectivity index (χ3n) is 4.74. The van der Waals surface area contributed by atoms with Crippen LogP contribution in [0.3, 0.4) is 0 Å². The van der Waals surface area contributed by atoms with E-state index in [0.29, 0.717) is 25.6 Å². The number of ether oxygens (including phenoxy) is 2. The molecule has 2 amide bonds. The van der Waals surface area contributed by atoms with E-state index in [1.165, 1.54) is 0 Å². The molecule has 1 N–H and O–H groups in total. The average Bonchev–Trinajstić information content (AvgIpc) is 2.64. The minimum Gasteiger partial charge on any atom is -0.497 e. The lowest BCUT2D eigenvalue weighted by Crippen LogP contribution is -2.44. The van der Waals surface area contributed by atoms with Gasteiger partial charge in [0.25, 0.3) is 0 Å². The van der Waals surface area contributed by atoms with Crippen LogP contribution in [-0.2, 0) is 11.3 Å². The molecule has 1 fully saturated rings. The summed E-state index contributed by atoms with van der Waals surface area (Å²) < 4.78 is 10.4. The number of benzene rings is 1. The van der Waals surface area contributed by atoms with Gasteiger partial charge in [-0.1, -0.05) is 12.1 Å². The van der Waals surface area contributed by atoms with Gasteiger partial charge in [0.05, 0.1) is 13.7 Å². The first kappa shape index (κ1) is 19.5. The van der Waals surface area contributed by atoms with Crippen molar-refractivity contribution in [1.82, 2.24) is 15.1 Å². The Morgan fingerprint density at radius 2 is 2.08 bits per heavy atom. The predicted octanol–water partition coefficient (Wildman–Crippen LogP) is 2.20. The summed E-state index contributed by atoms with van der Waals surface area (Å²) in [5.41, 5.74) is 1.05. The number of urea groups is 1. The number of likely N-dealkylation sites (tertiary alicyclic amines) is 1. The van der Waals surface area contributed by atoms with Gasteiger partial charge >= 0.3 is 6.03 Å². The van der Waals surface area contributed by atoms with Crippen LogP contribution < -0.4 is 10.1 Å². The Morgan fingerprint density at radius 1 is 1.32 bits per heavy atom. The molecule has 0 aromatic heterocycles. The number of methoxy groups -OCH3 is 2. The molecule has 6 nitrogen and oxygen atoms in total. The molecular weight excluding hydrogens is 318 g/mol. The third kappa shape index (κ3) is 6.55. The first-order chi connectivity index (χ1) is 12.1. The fourth-order valence-electron chi connectivity index (χ4n) is 3.05. The Balaban J connectivity index is 1.89. The van der Waals surface area contributed by atoms with Gasteiger partial charge in [-0.25, -0.2) is 4.79 Å². The van der Waals surface area contributed by atoms with Crippen molar-refractivity contribution in [2.75, 3.05) is 54.1 Å². The molecule has 1 aromatic rings. The highest BCUT2D eigenvalue weighted by atomic mass is 16.5. The van der Waals surface area contributed by atoms with E-state index in [0.717, 1.165) is 43.8 Å². The lowest BCUT2D eigenvalue weighted by atomic mass is 9.97. The maximum atomic E-state index is 12.6. The zero-order valence-electron chi connectivity index (χ0n) is 15.7. The fourth-order valence-corrected chi connectivity index (χ4v) is 3.05. The van der Waals surface area contributed by atoms with Crippen molar-refractivity contribution < 1.29 is 14.3 Å². The third-order valence-corrected chi connectivity index (χ3v) is 4.74. The summed E-state index contributed by atoms with van der Waals surface area (Å²) in [6, 6.07) is 7.79. The molecule has 1 saturated heterocycles. The molecule has 0 aliphatic carbocycles. The summed E-state index contributed by atoms with van der Waals surface area (Å²) in [6.07, 6.45) is 2.29. The lowest BCUT2D eigenvalue weighted by molar-refractivity contribution is 0.144. The molecule has 25 heavy (non-hydrogen) atoms. The fraction of sp³-hybridized carbons (Fsp3) is 0.632. The highest BCUT2D eigenvalue weighted by molar-refractivity contribution is 5.74. The SMILES string of the molecule is COCCN(Cc1cccc(OC)c1)C(=O)NCC1CCN(C)CC1. The Bertz CT molecular complexity index is 530. The topological polar surface area (TPSA) is 54.0 Å². The van der Waals surface area contributed by atoms with E-state index in [9.17, 15) is 4.79 Å². The molecule has 1 heterocycles. The summed E-state index contributed by atoms with van der Waals surface area (Å²) in [7, 11) is 5.45. The van der Waals surface area contributed by atoms with Crippen molar-refractivity contribution in [3.63, 3.8) is 0 Å². The molecule has 0 bridgehead atoms. The maximum Gasteiger partial charge on any atom is 0.317 e. The minimum absolute atomic E-state index is 0.0289. The summed E-state index contributed by atoms with van der Waals surface area (Å²) in [5.74, 6) is 1.37. The van der Waals surface area contributed by atoms with Crippen molar-refractivity contribution in [1.29, 1.82) is 0 Å². The van der Waals surface area contributed by atoms with E-state index in [2.05, 4.69) is 17.3 Å². The second-order valence-corrected chi connectivity index (χ2v) is 6.70. The van der Waals surface area contributed by atoms with Gasteiger partial charge in [-0.05, 0) is 56.6 Å². The van der Waals surface area contributed by atoms with Crippen molar-refractivity contribution in [3.8, 4) is 5.75 Å².